The van der Waals surface area contributed by atoms with E-state index in [1.807, 2.05) is 25.2 Å². The van der Waals surface area contributed by atoms with E-state index < -0.39 is 31.8 Å². The van der Waals surface area contributed by atoms with Gasteiger partial charge in [-0.3, -0.25) is 9.36 Å². The summed E-state index contributed by atoms with van der Waals surface area (Å²) in [5.74, 6) is -1.62. The lowest BCUT2D eigenvalue weighted by Crippen LogP contribution is -2.37. The van der Waals surface area contributed by atoms with Crippen molar-refractivity contribution in [3.8, 4) is 11.5 Å². The average Bonchev–Trinajstić information content (AvgIpc) is 2.88. The molecule has 0 spiro atoms. The molecule has 11 nitrogen and oxygen atoms in total. The minimum absolute atomic E-state index is 0.0644. The number of allylic oxidation sites excluding steroid dienone is 3. The third-order valence-electron chi connectivity index (χ3n) is 6.39. The molecule has 0 bridgehead atoms. The number of hydrogen-bond acceptors (Lipinski definition) is 8. The van der Waals surface area contributed by atoms with Gasteiger partial charge in [0.25, 0.3) is 5.91 Å². The summed E-state index contributed by atoms with van der Waals surface area (Å²) in [5, 5.41) is 14.8. The van der Waals surface area contributed by atoms with E-state index >= 15 is 0 Å². The Kier molecular flexibility index (Phi) is 11.6. The van der Waals surface area contributed by atoms with Gasteiger partial charge in [-0.1, -0.05) is 41.9 Å². The van der Waals surface area contributed by atoms with E-state index in [9.17, 15) is 29.0 Å². The molecule has 2 aliphatic rings. The molecule has 3 N–H and O–H groups in total. The summed E-state index contributed by atoms with van der Waals surface area (Å²) in [6.07, 6.45) is 9.92. The highest BCUT2D eigenvalue weighted by Crippen LogP contribution is 2.41. The van der Waals surface area contributed by atoms with Crippen molar-refractivity contribution in [3.63, 3.8) is 0 Å². The average molecular weight is 599 g/mol. The standard InChI is InChI=1S/C27H36ClN2O9P/c1-18-8-6-10-19(2)39-27(33)25-21(26(28)23(15-22(25)31)37-17-40(34,35)36)14-20(11-7-9-18)29-38-16-24(32)30-12-4-3-5-13-30/h6-8,11,15,18-19,31H,3-5,9-10,12-14,16-17H2,1-2H3,(H2,34,35,36)/b8-6+,11-7+,29-20-/t18-,19+/m0/s1. The monoisotopic (exact) mass is 598 g/mol. The van der Waals surface area contributed by atoms with Crippen molar-refractivity contribution >= 4 is 36.8 Å². The molecule has 0 radical (unpaired) electrons. The van der Waals surface area contributed by atoms with E-state index in [0.29, 0.717) is 25.9 Å². The van der Waals surface area contributed by atoms with Gasteiger partial charge in [-0.25, -0.2) is 4.79 Å². The summed E-state index contributed by atoms with van der Waals surface area (Å²) < 4.78 is 22.1. The lowest BCUT2D eigenvalue weighted by Gasteiger charge is -2.26. The van der Waals surface area contributed by atoms with E-state index in [4.69, 9.17) is 25.9 Å². The van der Waals surface area contributed by atoms with Crippen LogP contribution in [0.15, 0.2) is 35.5 Å². The van der Waals surface area contributed by atoms with Crippen LogP contribution in [0.4, 0.5) is 0 Å². The van der Waals surface area contributed by atoms with Crippen LogP contribution in [0.25, 0.3) is 0 Å². The van der Waals surface area contributed by atoms with Crippen molar-refractivity contribution in [1.29, 1.82) is 0 Å². The number of ether oxygens (including phenoxy) is 2. The first kappa shape index (κ1) is 31.7. The van der Waals surface area contributed by atoms with E-state index in [1.165, 1.54) is 0 Å². The molecular weight excluding hydrogens is 563 g/mol. The first-order valence-electron chi connectivity index (χ1n) is 13.2. The fraction of sp³-hybridized carbons (Fsp3) is 0.519. The van der Waals surface area contributed by atoms with Gasteiger partial charge in [-0.05, 0) is 50.2 Å². The molecule has 1 aromatic carbocycles. The molecule has 2 atom stereocenters. The maximum Gasteiger partial charge on any atom is 0.362 e. The Labute approximate surface area is 238 Å². The van der Waals surface area contributed by atoms with Crippen LogP contribution < -0.4 is 4.74 Å². The van der Waals surface area contributed by atoms with Gasteiger partial charge in [0.05, 0.1) is 10.7 Å². The number of esters is 1. The Morgan fingerprint density at radius 1 is 1.20 bits per heavy atom. The number of cyclic esters (lactones) is 1. The van der Waals surface area contributed by atoms with Crippen LogP contribution in [0, 0.1) is 5.92 Å². The SMILES string of the molecule is C[C@@H]1C/C=C/[C@H](C)C/C=C/C(=N/OCC(=O)N2CCCCC2)Cc2c(Cl)c(OCP(=O)(O)O)cc(O)c2C(=O)O1. The number of piperidine rings is 1. The Balaban J connectivity index is 1.99. The Hall–Kier alpha value is -2.85. The highest BCUT2D eigenvalue weighted by atomic mass is 35.5. The number of phenols is 1. The zero-order chi connectivity index (χ0) is 29.3. The van der Waals surface area contributed by atoms with Crippen LogP contribution >= 0.6 is 19.2 Å². The van der Waals surface area contributed by atoms with E-state index in [0.717, 1.165) is 25.3 Å². The molecule has 0 aliphatic carbocycles. The number of amides is 1. The fourth-order valence-corrected chi connectivity index (χ4v) is 4.90. The molecule has 0 unspecified atom stereocenters. The number of halogens is 1. The molecule has 2 heterocycles. The van der Waals surface area contributed by atoms with Gasteiger partial charge in [0, 0.05) is 32.0 Å². The normalized spacial score (nSPS) is 23.5. The quantitative estimate of drug-likeness (QED) is 0.185. The number of phenolic OH excluding ortho intramolecular Hbond substituents is 1. The summed E-state index contributed by atoms with van der Waals surface area (Å²) in [4.78, 5) is 51.3. The molecule has 1 amide bonds. The number of fused-ring (bicyclic) bond motifs is 1. The van der Waals surface area contributed by atoms with E-state index in [1.54, 1.807) is 17.9 Å². The number of nitrogens with zero attached hydrogens (tertiary/aromatic N) is 2. The van der Waals surface area contributed by atoms with Crippen LogP contribution in [0.3, 0.4) is 0 Å². The zero-order valence-corrected chi connectivity index (χ0v) is 24.3. The molecule has 3 rings (SSSR count). The maximum absolute atomic E-state index is 13.2. The summed E-state index contributed by atoms with van der Waals surface area (Å²) in [6.45, 7) is 4.82. The largest absolute Gasteiger partial charge is 0.507 e. The molecule has 2 aliphatic heterocycles. The van der Waals surface area contributed by atoms with Crippen molar-refractivity contribution in [2.45, 2.75) is 58.5 Å². The van der Waals surface area contributed by atoms with Gasteiger partial charge >= 0.3 is 13.6 Å². The van der Waals surface area contributed by atoms with Crippen LogP contribution in [-0.4, -0.2) is 69.5 Å². The van der Waals surface area contributed by atoms with Crippen LogP contribution in [0.5, 0.6) is 11.5 Å². The van der Waals surface area contributed by atoms with Gasteiger partial charge in [-0.2, -0.15) is 0 Å². The minimum atomic E-state index is -4.57. The van der Waals surface area contributed by atoms with Crippen LogP contribution in [-0.2, 0) is 25.4 Å². The third kappa shape index (κ3) is 9.66. The first-order chi connectivity index (χ1) is 18.9. The molecular formula is C27H36ClN2O9P. The van der Waals surface area contributed by atoms with Gasteiger partial charge in [0.2, 0.25) is 0 Å². The Bertz CT molecular complexity index is 1200. The predicted molar refractivity (Wildman–Crippen MR) is 150 cm³/mol. The molecule has 40 heavy (non-hydrogen) atoms. The second-order valence-electron chi connectivity index (χ2n) is 9.97. The molecule has 220 valence electrons. The molecule has 13 heteroatoms. The molecule has 0 aromatic heterocycles. The first-order valence-corrected chi connectivity index (χ1v) is 15.3. The van der Waals surface area contributed by atoms with Gasteiger partial charge in [-0.15, -0.1) is 0 Å². The van der Waals surface area contributed by atoms with E-state index in [2.05, 4.69) is 5.16 Å². The summed E-state index contributed by atoms with van der Waals surface area (Å²) in [7, 11) is -4.57. The number of hydrogen-bond donors (Lipinski definition) is 3. The Morgan fingerprint density at radius 2 is 1.93 bits per heavy atom. The van der Waals surface area contributed by atoms with Gasteiger partial charge in [0.15, 0.2) is 13.0 Å². The predicted octanol–water partition coefficient (Wildman–Crippen LogP) is 4.57. The highest BCUT2D eigenvalue weighted by Gasteiger charge is 2.27. The highest BCUT2D eigenvalue weighted by molar-refractivity contribution is 7.51. The summed E-state index contributed by atoms with van der Waals surface area (Å²) >= 11 is 6.57. The van der Waals surface area contributed by atoms with Crippen molar-refractivity contribution in [1.82, 2.24) is 4.90 Å². The fourth-order valence-electron chi connectivity index (χ4n) is 4.32. The van der Waals surface area contributed by atoms with Crippen molar-refractivity contribution in [2.24, 2.45) is 11.1 Å². The molecule has 0 saturated carbocycles. The minimum Gasteiger partial charge on any atom is -0.507 e. The second-order valence-corrected chi connectivity index (χ2v) is 11.9. The van der Waals surface area contributed by atoms with Gasteiger partial charge in [0.1, 0.15) is 23.2 Å². The molecule has 1 aromatic rings. The summed E-state index contributed by atoms with van der Waals surface area (Å²) in [6, 6.07) is 1.01. The number of carbonyl (C=O) groups is 2. The smallest absolute Gasteiger partial charge is 0.362 e. The molecule has 1 saturated heterocycles. The number of aromatic hydroxyl groups is 1. The molecule has 1 fully saturated rings. The Morgan fingerprint density at radius 3 is 2.62 bits per heavy atom. The number of oxime groups is 1. The number of rotatable bonds is 6. The maximum atomic E-state index is 13.2. The topological polar surface area (TPSA) is 155 Å². The van der Waals surface area contributed by atoms with Gasteiger partial charge < -0.3 is 34.1 Å². The van der Waals surface area contributed by atoms with Crippen LogP contribution in [0.1, 0.15) is 61.9 Å². The lowest BCUT2D eigenvalue weighted by atomic mass is 9.98. The summed E-state index contributed by atoms with van der Waals surface area (Å²) in [5.41, 5.74) is 0.116. The van der Waals surface area contributed by atoms with Crippen molar-refractivity contribution < 1.29 is 43.4 Å². The van der Waals surface area contributed by atoms with E-state index in [-0.39, 0.29) is 52.5 Å². The third-order valence-corrected chi connectivity index (χ3v) is 7.27. The van der Waals surface area contributed by atoms with Crippen LogP contribution in [0.2, 0.25) is 5.02 Å². The number of carbonyl (C=O) groups excluding carboxylic acids is 2. The van der Waals surface area contributed by atoms with Crippen molar-refractivity contribution in [2.75, 3.05) is 26.0 Å². The zero-order valence-electron chi connectivity index (χ0n) is 22.6. The number of benzene rings is 1. The number of likely N-dealkylation sites (tertiary alicyclic amines) is 1. The lowest BCUT2D eigenvalue weighted by molar-refractivity contribution is -0.137. The second kappa shape index (κ2) is 14.7. The van der Waals surface area contributed by atoms with Crippen molar-refractivity contribution in [3.05, 3.63) is 46.5 Å².